The number of ether oxygens (including phenoxy) is 1. The minimum Gasteiger partial charge on any atom is -0.497 e. The molecular formula is C11H17N3O2. The largest absolute Gasteiger partial charge is 0.497 e. The molecule has 16 heavy (non-hydrogen) atoms. The standard InChI is InChI=1S/C11H17N3O2/c1-8(6-11(12)14-15)13-9-4-3-5-10(7-9)16-2/h3-5,7-8,13,15H,6H2,1-2H3,(H2,12,14). The lowest BCUT2D eigenvalue weighted by Crippen LogP contribution is -2.24. The predicted molar refractivity (Wildman–Crippen MR) is 64.1 cm³/mol. The summed E-state index contributed by atoms with van der Waals surface area (Å²) in [5.41, 5.74) is 6.36. The average Bonchev–Trinajstić information content (AvgIpc) is 2.28. The summed E-state index contributed by atoms with van der Waals surface area (Å²) >= 11 is 0. The van der Waals surface area contributed by atoms with Crippen molar-refractivity contribution in [3.05, 3.63) is 24.3 Å². The van der Waals surface area contributed by atoms with Crippen LogP contribution in [0.4, 0.5) is 5.69 Å². The monoisotopic (exact) mass is 223 g/mol. The van der Waals surface area contributed by atoms with Crippen LogP contribution >= 0.6 is 0 Å². The van der Waals surface area contributed by atoms with Crippen LogP contribution in [0.1, 0.15) is 13.3 Å². The van der Waals surface area contributed by atoms with Gasteiger partial charge in [0.25, 0.3) is 0 Å². The first kappa shape index (κ1) is 12.2. The smallest absolute Gasteiger partial charge is 0.141 e. The summed E-state index contributed by atoms with van der Waals surface area (Å²) in [5.74, 6) is 1.00. The quantitative estimate of drug-likeness (QED) is 0.307. The van der Waals surface area contributed by atoms with E-state index in [1.165, 1.54) is 0 Å². The van der Waals surface area contributed by atoms with Gasteiger partial charge in [0.1, 0.15) is 11.6 Å². The third-order valence-corrected chi connectivity index (χ3v) is 2.13. The van der Waals surface area contributed by atoms with E-state index in [0.717, 1.165) is 11.4 Å². The summed E-state index contributed by atoms with van der Waals surface area (Å²) in [6, 6.07) is 7.69. The van der Waals surface area contributed by atoms with Crippen molar-refractivity contribution in [1.29, 1.82) is 0 Å². The van der Waals surface area contributed by atoms with Crippen molar-refractivity contribution < 1.29 is 9.94 Å². The Morgan fingerprint density at radius 2 is 2.38 bits per heavy atom. The normalized spacial score (nSPS) is 13.2. The highest BCUT2D eigenvalue weighted by Crippen LogP contribution is 2.17. The van der Waals surface area contributed by atoms with Crippen LogP contribution in [0.15, 0.2) is 29.4 Å². The molecule has 0 aliphatic rings. The highest BCUT2D eigenvalue weighted by Gasteiger charge is 2.05. The van der Waals surface area contributed by atoms with Crippen LogP contribution in [0.3, 0.4) is 0 Å². The molecule has 0 spiro atoms. The Labute approximate surface area is 94.9 Å². The first-order chi connectivity index (χ1) is 7.65. The average molecular weight is 223 g/mol. The second-order valence-corrected chi connectivity index (χ2v) is 3.57. The molecule has 0 aromatic heterocycles. The van der Waals surface area contributed by atoms with E-state index in [1.807, 2.05) is 31.2 Å². The Bertz CT molecular complexity index is 366. The van der Waals surface area contributed by atoms with Crippen LogP contribution in [0.2, 0.25) is 0 Å². The van der Waals surface area contributed by atoms with Crippen molar-refractivity contribution in [3.63, 3.8) is 0 Å². The highest BCUT2D eigenvalue weighted by atomic mass is 16.5. The van der Waals surface area contributed by atoms with Gasteiger partial charge in [-0.15, -0.1) is 0 Å². The van der Waals surface area contributed by atoms with E-state index in [1.54, 1.807) is 7.11 Å². The lowest BCUT2D eigenvalue weighted by atomic mass is 10.2. The van der Waals surface area contributed by atoms with Crippen LogP contribution < -0.4 is 15.8 Å². The van der Waals surface area contributed by atoms with Gasteiger partial charge in [-0.2, -0.15) is 0 Å². The molecule has 0 radical (unpaired) electrons. The molecule has 1 rings (SSSR count). The minimum absolute atomic E-state index is 0.0861. The molecule has 0 saturated heterocycles. The van der Waals surface area contributed by atoms with Crippen molar-refractivity contribution in [1.82, 2.24) is 0 Å². The Hall–Kier alpha value is -1.91. The topological polar surface area (TPSA) is 79.9 Å². The SMILES string of the molecule is COc1cccc(NC(C)CC(N)=NO)c1. The molecule has 1 aromatic rings. The zero-order valence-corrected chi connectivity index (χ0v) is 9.47. The number of oxime groups is 1. The number of hydrogen-bond acceptors (Lipinski definition) is 4. The molecule has 1 unspecified atom stereocenters. The summed E-state index contributed by atoms with van der Waals surface area (Å²) in [6.45, 7) is 1.96. The number of hydrogen-bond donors (Lipinski definition) is 3. The number of anilines is 1. The van der Waals surface area contributed by atoms with Gasteiger partial charge >= 0.3 is 0 Å². The van der Waals surface area contributed by atoms with E-state index >= 15 is 0 Å². The van der Waals surface area contributed by atoms with E-state index in [2.05, 4.69) is 10.5 Å². The molecule has 88 valence electrons. The molecular weight excluding hydrogens is 206 g/mol. The Balaban J connectivity index is 2.58. The van der Waals surface area contributed by atoms with Crippen LogP contribution in [0.25, 0.3) is 0 Å². The van der Waals surface area contributed by atoms with E-state index in [0.29, 0.717) is 6.42 Å². The fourth-order valence-corrected chi connectivity index (χ4v) is 1.40. The first-order valence-electron chi connectivity index (χ1n) is 5.02. The predicted octanol–water partition coefficient (Wildman–Crippen LogP) is 1.63. The molecule has 1 aromatic carbocycles. The van der Waals surface area contributed by atoms with Gasteiger partial charge in [0.2, 0.25) is 0 Å². The number of rotatable bonds is 5. The molecule has 0 fully saturated rings. The summed E-state index contributed by atoms with van der Waals surface area (Å²) < 4.78 is 5.11. The van der Waals surface area contributed by atoms with Gasteiger partial charge in [-0.3, -0.25) is 0 Å². The van der Waals surface area contributed by atoms with E-state index in [9.17, 15) is 0 Å². The molecule has 0 saturated carbocycles. The van der Waals surface area contributed by atoms with Crippen molar-refractivity contribution in [3.8, 4) is 5.75 Å². The molecule has 4 N–H and O–H groups in total. The highest BCUT2D eigenvalue weighted by molar-refractivity contribution is 5.80. The van der Waals surface area contributed by atoms with Crippen molar-refractivity contribution in [2.45, 2.75) is 19.4 Å². The second kappa shape index (κ2) is 5.85. The molecule has 1 atom stereocenters. The van der Waals surface area contributed by atoms with Gasteiger partial charge in [-0.05, 0) is 19.1 Å². The maximum atomic E-state index is 8.45. The molecule has 0 heterocycles. The zero-order chi connectivity index (χ0) is 12.0. The summed E-state index contributed by atoms with van der Waals surface area (Å²) in [5, 5.41) is 14.6. The molecule has 0 aliphatic carbocycles. The maximum Gasteiger partial charge on any atom is 0.141 e. The molecule has 0 amide bonds. The van der Waals surface area contributed by atoms with E-state index in [4.69, 9.17) is 15.7 Å². The third-order valence-electron chi connectivity index (χ3n) is 2.13. The van der Waals surface area contributed by atoms with Crippen LogP contribution in [0.5, 0.6) is 5.75 Å². The van der Waals surface area contributed by atoms with Gasteiger partial charge < -0.3 is 21.0 Å². The summed E-state index contributed by atoms with van der Waals surface area (Å²) in [4.78, 5) is 0. The molecule has 0 bridgehead atoms. The van der Waals surface area contributed by atoms with Gasteiger partial charge in [-0.1, -0.05) is 11.2 Å². The second-order valence-electron chi connectivity index (χ2n) is 3.57. The number of amidine groups is 1. The number of methoxy groups -OCH3 is 1. The molecule has 5 heteroatoms. The van der Waals surface area contributed by atoms with Crippen LogP contribution in [0, 0.1) is 0 Å². The van der Waals surface area contributed by atoms with E-state index in [-0.39, 0.29) is 11.9 Å². The van der Waals surface area contributed by atoms with Crippen LogP contribution in [-0.4, -0.2) is 24.2 Å². The molecule has 0 aliphatic heterocycles. The Kier molecular flexibility index (Phi) is 4.44. The lowest BCUT2D eigenvalue weighted by molar-refractivity contribution is 0.316. The van der Waals surface area contributed by atoms with Gasteiger partial charge in [0.05, 0.1) is 7.11 Å². The third kappa shape index (κ3) is 3.68. The van der Waals surface area contributed by atoms with E-state index < -0.39 is 0 Å². The first-order valence-corrected chi connectivity index (χ1v) is 5.02. The van der Waals surface area contributed by atoms with Crippen molar-refractivity contribution >= 4 is 11.5 Å². The van der Waals surface area contributed by atoms with Gasteiger partial charge in [-0.25, -0.2) is 0 Å². The Morgan fingerprint density at radius 3 is 3.00 bits per heavy atom. The number of nitrogens with zero attached hydrogens (tertiary/aromatic N) is 1. The van der Waals surface area contributed by atoms with Crippen LogP contribution in [-0.2, 0) is 0 Å². The molecule has 5 nitrogen and oxygen atoms in total. The fraction of sp³-hybridized carbons (Fsp3) is 0.364. The van der Waals surface area contributed by atoms with Gasteiger partial charge in [0, 0.05) is 24.2 Å². The minimum atomic E-state index is 0.0861. The number of nitrogens with two attached hydrogens (primary N) is 1. The number of benzene rings is 1. The summed E-state index contributed by atoms with van der Waals surface area (Å²) in [7, 11) is 1.62. The fourth-order valence-electron chi connectivity index (χ4n) is 1.40. The lowest BCUT2D eigenvalue weighted by Gasteiger charge is -2.14. The van der Waals surface area contributed by atoms with Crippen molar-refractivity contribution in [2.24, 2.45) is 10.9 Å². The zero-order valence-electron chi connectivity index (χ0n) is 9.47. The maximum absolute atomic E-state index is 8.45. The van der Waals surface area contributed by atoms with Gasteiger partial charge in [0.15, 0.2) is 0 Å². The number of nitrogens with one attached hydrogen (secondary N) is 1. The van der Waals surface area contributed by atoms with Crippen molar-refractivity contribution in [2.75, 3.05) is 12.4 Å². The Morgan fingerprint density at radius 1 is 1.62 bits per heavy atom. The summed E-state index contributed by atoms with van der Waals surface area (Å²) in [6.07, 6.45) is 0.480.